The van der Waals surface area contributed by atoms with Crippen molar-refractivity contribution < 1.29 is 19.1 Å². The third-order valence-electron chi connectivity index (χ3n) is 2.95. The van der Waals surface area contributed by atoms with Crippen LogP contribution in [0.4, 0.5) is 0 Å². The monoisotopic (exact) mass is 387 g/mol. The highest BCUT2D eigenvalue weighted by Gasteiger charge is 2.13. The highest BCUT2D eigenvalue weighted by Crippen LogP contribution is 2.27. The topological polar surface area (TPSA) is 64.6 Å². The van der Waals surface area contributed by atoms with E-state index in [1.54, 1.807) is 23.5 Å². The Morgan fingerprint density at radius 1 is 1.25 bits per heavy atom. The molecule has 1 aromatic carbocycles. The Labute approximate surface area is 153 Å². The molecule has 0 aliphatic heterocycles. The fourth-order valence-electron chi connectivity index (χ4n) is 1.81. The van der Waals surface area contributed by atoms with E-state index in [1.807, 2.05) is 24.4 Å². The molecule has 1 heterocycles. The Balaban J connectivity index is 1.71. The van der Waals surface area contributed by atoms with Crippen LogP contribution in [-0.4, -0.2) is 25.1 Å². The number of amides is 1. The molecular weight excluding hydrogens is 373 g/mol. The van der Waals surface area contributed by atoms with E-state index >= 15 is 0 Å². The molecule has 1 N–H and O–H groups in total. The summed E-state index contributed by atoms with van der Waals surface area (Å²) in [5.74, 6) is -0.734. The molecule has 5 nitrogen and oxygen atoms in total. The number of thiophene rings is 1. The maximum absolute atomic E-state index is 11.8. The van der Waals surface area contributed by atoms with Gasteiger partial charge in [-0.1, -0.05) is 29.3 Å². The summed E-state index contributed by atoms with van der Waals surface area (Å²) in [4.78, 5) is 24.4. The van der Waals surface area contributed by atoms with Crippen LogP contribution in [0.5, 0.6) is 5.75 Å². The molecule has 2 aromatic rings. The number of esters is 1. The van der Waals surface area contributed by atoms with Gasteiger partial charge in [-0.25, -0.2) is 4.79 Å². The lowest BCUT2D eigenvalue weighted by molar-refractivity contribution is -0.150. The van der Waals surface area contributed by atoms with Crippen LogP contribution in [0.2, 0.25) is 10.0 Å². The van der Waals surface area contributed by atoms with Gasteiger partial charge in [-0.15, -0.1) is 11.3 Å². The van der Waals surface area contributed by atoms with E-state index in [0.29, 0.717) is 10.8 Å². The summed E-state index contributed by atoms with van der Waals surface area (Å²) in [6, 6.07) is 8.33. The summed E-state index contributed by atoms with van der Waals surface area (Å²) < 4.78 is 10.1. The number of hydrogen-bond donors (Lipinski definition) is 1. The predicted molar refractivity (Wildman–Crippen MR) is 93.8 cm³/mol. The van der Waals surface area contributed by atoms with Gasteiger partial charge in [0.15, 0.2) is 13.2 Å². The number of rotatable bonds is 7. The Bertz CT molecular complexity index is 706. The Morgan fingerprint density at radius 3 is 2.71 bits per heavy atom. The second-order valence-electron chi connectivity index (χ2n) is 4.83. The molecule has 0 fully saturated rings. The lowest BCUT2D eigenvalue weighted by Gasteiger charge is -2.12. The molecular formula is C16H15Cl2NO4S. The first-order valence-electron chi connectivity index (χ1n) is 7.02. The van der Waals surface area contributed by atoms with Crippen molar-refractivity contribution in [2.45, 2.75) is 13.0 Å². The Morgan fingerprint density at radius 2 is 2.04 bits per heavy atom. The van der Waals surface area contributed by atoms with Gasteiger partial charge in [0, 0.05) is 9.90 Å². The van der Waals surface area contributed by atoms with Gasteiger partial charge in [0.1, 0.15) is 5.75 Å². The molecule has 0 saturated carbocycles. The van der Waals surface area contributed by atoms with Crippen LogP contribution in [-0.2, 0) is 14.3 Å². The molecule has 1 aromatic heterocycles. The summed E-state index contributed by atoms with van der Waals surface area (Å²) in [5, 5.41) is 5.43. The average Bonchev–Trinajstić information content (AvgIpc) is 3.06. The van der Waals surface area contributed by atoms with Crippen LogP contribution in [0, 0.1) is 0 Å². The molecule has 24 heavy (non-hydrogen) atoms. The zero-order valence-corrected chi connectivity index (χ0v) is 15.1. The van der Waals surface area contributed by atoms with Crippen molar-refractivity contribution in [1.29, 1.82) is 0 Å². The number of nitrogens with one attached hydrogen (secondary N) is 1. The van der Waals surface area contributed by atoms with E-state index in [-0.39, 0.29) is 30.2 Å². The van der Waals surface area contributed by atoms with Crippen molar-refractivity contribution >= 4 is 46.4 Å². The average molecular weight is 388 g/mol. The number of hydrogen-bond acceptors (Lipinski definition) is 5. The van der Waals surface area contributed by atoms with Crippen LogP contribution in [0.1, 0.15) is 17.8 Å². The maximum Gasteiger partial charge on any atom is 0.344 e. The van der Waals surface area contributed by atoms with Gasteiger partial charge < -0.3 is 14.8 Å². The quantitative estimate of drug-likeness (QED) is 0.732. The van der Waals surface area contributed by atoms with Gasteiger partial charge in [-0.2, -0.15) is 0 Å². The second-order valence-corrected chi connectivity index (χ2v) is 6.65. The van der Waals surface area contributed by atoms with Crippen molar-refractivity contribution in [3.8, 4) is 5.75 Å². The molecule has 0 aliphatic rings. The van der Waals surface area contributed by atoms with E-state index in [0.717, 1.165) is 4.88 Å². The first-order valence-corrected chi connectivity index (χ1v) is 8.65. The molecule has 0 saturated heterocycles. The number of carbonyl (C=O) groups is 2. The number of ether oxygens (including phenoxy) is 2. The Kier molecular flexibility index (Phi) is 6.90. The third kappa shape index (κ3) is 5.70. The lowest BCUT2D eigenvalue weighted by Crippen LogP contribution is -2.31. The van der Waals surface area contributed by atoms with E-state index < -0.39 is 5.97 Å². The van der Waals surface area contributed by atoms with Crippen LogP contribution in [0.25, 0.3) is 0 Å². The predicted octanol–water partition coefficient (Wildman–Crippen LogP) is 3.85. The third-order valence-corrected chi connectivity index (χ3v) is 4.54. The van der Waals surface area contributed by atoms with Crippen molar-refractivity contribution in [3.05, 3.63) is 50.6 Å². The molecule has 0 spiro atoms. The SMILES string of the molecule is C[C@H](NC(=O)COC(=O)COc1ccc(Cl)cc1Cl)c1cccs1. The van der Waals surface area contributed by atoms with Gasteiger partial charge in [0.2, 0.25) is 0 Å². The smallest absolute Gasteiger partial charge is 0.344 e. The molecule has 8 heteroatoms. The standard InChI is InChI=1S/C16H15Cl2NO4S/c1-10(14-3-2-6-24-14)19-15(20)8-23-16(21)9-22-13-5-4-11(17)7-12(13)18/h2-7,10H,8-9H2,1H3,(H,19,20)/t10-/m0/s1. The van der Waals surface area contributed by atoms with E-state index in [2.05, 4.69) is 5.32 Å². The highest BCUT2D eigenvalue weighted by molar-refractivity contribution is 7.10. The molecule has 128 valence electrons. The molecule has 0 bridgehead atoms. The summed E-state index contributed by atoms with van der Waals surface area (Å²) in [6.45, 7) is 1.14. The first-order chi connectivity index (χ1) is 11.5. The van der Waals surface area contributed by atoms with Crippen LogP contribution >= 0.6 is 34.5 Å². The fraction of sp³-hybridized carbons (Fsp3) is 0.250. The molecule has 1 amide bonds. The molecule has 1 atom stereocenters. The Hall–Kier alpha value is -1.76. The van der Waals surface area contributed by atoms with Gasteiger partial charge in [-0.3, -0.25) is 4.79 Å². The summed E-state index contributed by atoms with van der Waals surface area (Å²) in [5.41, 5.74) is 0. The largest absolute Gasteiger partial charge is 0.480 e. The highest BCUT2D eigenvalue weighted by atomic mass is 35.5. The van der Waals surface area contributed by atoms with Gasteiger partial charge in [-0.05, 0) is 36.6 Å². The molecule has 0 radical (unpaired) electrons. The van der Waals surface area contributed by atoms with Gasteiger partial charge in [0.05, 0.1) is 11.1 Å². The summed E-state index contributed by atoms with van der Waals surface area (Å²) >= 11 is 13.2. The minimum atomic E-state index is -0.667. The first kappa shape index (κ1) is 18.6. The van der Waals surface area contributed by atoms with Crippen molar-refractivity contribution in [2.24, 2.45) is 0 Å². The molecule has 2 rings (SSSR count). The molecule has 0 unspecified atom stereocenters. The van der Waals surface area contributed by atoms with Crippen LogP contribution in [0.3, 0.4) is 0 Å². The summed E-state index contributed by atoms with van der Waals surface area (Å²) in [7, 11) is 0. The van der Waals surface area contributed by atoms with Gasteiger partial charge >= 0.3 is 5.97 Å². The van der Waals surface area contributed by atoms with E-state index in [9.17, 15) is 9.59 Å². The van der Waals surface area contributed by atoms with E-state index in [4.69, 9.17) is 32.7 Å². The summed E-state index contributed by atoms with van der Waals surface area (Å²) in [6.07, 6.45) is 0. The number of halogens is 2. The zero-order valence-electron chi connectivity index (χ0n) is 12.8. The minimum absolute atomic E-state index is 0.139. The fourth-order valence-corrected chi connectivity index (χ4v) is 3.01. The van der Waals surface area contributed by atoms with Crippen molar-refractivity contribution in [1.82, 2.24) is 5.32 Å². The van der Waals surface area contributed by atoms with E-state index in [1.165, 1.54) is 6.07 Å². The molecule has 0 aliphatic carbocycles. The lowest BCUT2D eigenvalue weighted by atomic mass is 10.3. The van der Waals surface area contributed by atoms with Crippen molar-refractivity contribution in [2.75, 3.05) is 13.2 Å². The van der Waals surface area contributed by atoms with Gasteiger partial charge in [0.25, 0.3) is 5.91 Å². The number of benzene rings is 1. The maximum atomic E-state index is 11.8. The normalized spacial score (nSPS) is 11.6. The second kappa shape index (κ2) is 8.92. The van der Waals surface area contributed by atoms with Crippen LogP contribution < -0.4 is 10.1 Å². The van der Waals surface area contributed by atoms with Crippen molar-refractivity contribution in [3.63, 3.8) is 0 Å². The van der Waals surface area contributed by atoms with Crippen LogP contribution in [0.15, 0.2) is 35.7 Å². The number of carbonyl (C=O) groups excluding carboxylic acids is 2. The minimum Gasteiger partial charge on any atom is -0.480 e. The zero-order chi connectivity index (χ0) is 17.5.